The molecule has 2 aromatic carbocycles. The Balaban J connectivity index is 1.78. The minimum Gasteiger partial charge on any atom is -0.325 e. The van der Waals surface area contributed by atoms with E-state index < -0.39 is 10.0 Å². The molecule has 29 heavy (non-hydrogen) atoms. The van der Waals surface area contributed by atoms with Crippen LogP contribution in [0.3, 0.4) is 0 Å². The predicted octanol–water partition coefficient (Wildman–Crippen LogP) is 4.69. The second-order valence-corrected chi connectivity index (χ2v) is 9.57. The lowest BCUT2D eigenvalue weighted by Crippen LogP contribution is -2.35. The zero-order valence-corrected chi connectivity index (χ0v) is 18.6. The first-order valence-corrected chi connectivity index (χ1v) is 12.0. The van der Waals surface area contributed by atoms with Crippen molar-refractivity contribution in [3.63, 3.8) is 0 Å². The lowest BCUT2D eigenvalue weighted by Gasteiger charge is -2.30. The third kappa shape index (κ3) is 5.12. The molecule has 0 spiro atoms. The minimum absolute atomic E-state index is 0.0328. The SMILES string of the molecule is CCCCN1C(SCC(=O)Nc2cc(Cl)ccc2C)=NS(=O)(=O)c2ccccc21. The van der Waals surface area contributed by atoms with E-state index in [2.05, 4.69) is 16.6 Å². The number of para-hydroxylation sites is 1. The lowest BCUT2D eigenvalue weighted by molar-refractivity contribution is -0.113. The summed E-state index contributed by atoms with van der Waals surface area (Å²) < 4.78 is 29.1. The van der Waals surface area contributed by atoms with Crippen LogP contribution in [0.25, 0.3) is 0 Å². The van der Waals surface area contributed by atoms with Crippen molar-refractivity contribution >= 4 is 55.8 Å². The standard InChI is InChI=1S/C20H22ClN3O3S2/c1-3-4-11-24-17-7-5-6-8-18(17)29(26,27)23-20(24)28-13-19(25)22-16-12-15(21)10-9-14(16)2/h5-10,12H,3-4,11,13H2,1-2H3,(H,22,25). The van der Waals surface area contributed by atoms with E-state index in [-0.39, 0.29) is 16.6 Å². The summed E-state index contributed by atoms with van der Waals surface area (Å²) in [5.41, 5.74) is 2.13. The predicted molar refractivity (Wildman–Crippen MR) is 121 cm³/mol. The van der Waals surface area contributed by atoms with E-state index >= 15 is 0 Å². The van der Waals surface area contributed by atoms with Crippen LogP contribution in [-0.2, 0) is 14.8 Å². The van der Waals surface area contributed by atoms with Gasteiger partial charge in [0.2, 0.25) is 5.91 Å². The Hall–Kier alpha value is -2.03. The molecule has 2 aromatic rings. The van der Waals surface area contributed by atoms with E-state index in [1.54, 1.807) is 36.4 Å². The molecule has 0 aromatic heterocycles. The lowest BCUT2D eigenvalue weighted by atomic mass is 10.2. The highest BCUT2D eigenvalue weighted by Gasteiger charge is 2.30. The molecule has 6 nitrogen and oxygen atoms in total. The van der Waals surface area contributed by atoms with Gasteiger partial charge >= 0.3 is 0 Å². The van der Waals surface area contributed by atoms with Gasteiger partial charge in [0.25, 0.3) is 10.0 Å². The number of rotatable bonds is 6. The summed E-state index contributed by atoms with van der Waals surface area (Å²) >= 11 is 7.11. The van der Waals surface area contributed by atoms with Gasteiger partial charge in [-0.1, -0.05) is 54.9 Å². The summed E-state index contributed by atoms with van der Waals surface area (Å²) in [7, 11) is -3.79. The number of hydrogen-bond acceptors (Lipinski definition) is 5. The molecule has 1 heterocycles. The molecule has 0 fully saturated rings. The molecule has 1 amide bonds. The van der Waals surface area contributed by atoms with Gasteiger partial charge in [0.05, 0.1) is 11.4 Å². The maximum atomic E-state index is 12.6. The number of thioether (sulfide) groups is 1. The molecule has 154 valence electrons. The number of fused-ring (bicyclic) bond motifs is 1. The van der Waals surface area contributed by atoms with Crippen LogP contribution >= 0.6 is 23.4 Å². The normalized spacial score (nSPS) is 14.9. The third-order valence-electron chi connectivity index (χ3n) is 4.40. The van der Waals surface area contributed by atoms with Crippen LogP contribution in [0.5, 0.6) is 0 Å². The number of benzene rings is 2. The minimum atomic E-state index is -3.79. The van der Waals surface area contributed by atoms with E-state index in [9.17, 15) is 13.2 Å². The van der Waals surface area contributed by atoms with Crippen LogP contribution in [0.1, 0.15) is 25.3 Å². The van der Waals surface area contributed by atoms with Crippen molar-refractivity contribution < 1.29 is 13.2 Å². The number of amides is 1. The number of amidine groups is 1. The molecule has 0 aliphatic carbocycles. The van der Waals surface area contributed by atoms with Gasteiger partial charge in [0, 0.05) is 17.3 Å². The van der Waals surface area contributed by atoms with Crippen LogP contribution in [-0.4, -0.2) is 31.8 Å². The number of carbonyl (C=O) groups excluding carboxylic acids is 1. The van der Waals surface area contributed by atoms with Gasteiger partial charge < -0.3 is 10.2 Å². The van der Waals surface area contributed by atoms with E-state index in [0.717, 1.165) is 30.2 Å². The zero-order chi connectivity index (χ0) is 21.0. The van der Waals surface area contributed by atoms with Crippen molar-refractivity contribution in [2.45, 2.75) is 31.6 Å². The second kappa shape index (κ2) is 9.19. The van der Waals surface area contributed by atoms with Crippen molar-refractivity contribution in [3.05, 3.63) is 53.1 Å². The van der Waals surface area contributed by atoms with Gasteiger partial charge in [0.15, 0.2) is 5.17 Å². The molecule has 1 aliphatic heterocycles. The third-order valence-corrected chi connectivity index (χ3v) is 7.05. The van der Waals surface area contributed by atoms with Gasteiger partial charge in [-0.15, -0.1) is 4.40 Å². The first-order chi connectivity index (χ1) is 13.8. The van der Waals surface area contributed by atoms with Crippen molar-refractivity contribution in [3.8, 4) is 0 Å². The Morgan fingerprint density at radius 2 is 2.00 bits per heavy atom. The summed E-state index contributed by atoms with van der Waals surface area (Å²) in [6.07, 6.45) is 1.83. The summed E-state index contributed by atoms with van der Waals surface area (Å²) in [6, 6.07) is 12.1. The zero-order valence-electron chi connectivity index (χ0n) is 16.2. The highest BCUT2D eigenvalue weighted by Crippen LogP contribution is 2.34. The van der Waals surface area contributed by atoms with Crippen LogP contribution in [0, 0.1) is 6.92 Å². The Morgan fingerprint density at radius 3 is 2.76 bits per heavy atom. The van der Waals surface area contributed by atoms with E-state index in [1.807, 2.05) is 17.9 Å². The fraction of sp³-hybridized carbons (Fsp3) is 0.300. The molecule has 0 radical (unpaired) electrons. The first-order valence-electron chi connectivity index (χ1n) is 9.22. The molecule has 0 saturated heterocycles. The molecule has 0 unspecified atom stereocenters. The fourth-order valence-electron chi connectivity index (χ4n) is 2.88. The average molecular weight is 452 g/mol. The van der Waals surface area contributed by atoms with Gasteiger partial charge in [-0.3, -0.25) is 4.79 Å². The van der Waals surface area contributed by atoms with E-state index in [0.29, 0.717) is 28.1 Å². The molecule has 0 atom stereocenters. The van der Waals surface area contributed by atoms with Crippen LogP contribution in [0.15, 0.2) is 51.8 Å². The fourth-order valence-corrected chi connectivity index (χ4v) is 5.34. The monoisotopic (exact) mass is 451 g/mol. The molecule has 0 saturated carbocycles. The molecular formula is C20H22ClN3O3S2. The number of carbonyl (C=O) groups is 1. The van der Waals surface area contributed by atoms with Crippen LogP contribution in [0.4, 0.5) is 11.4 Å². The molecule has 0 bridgehead atoms. The topological polar surface area (TPSA) is 78.8 Å². The summed E-state index contributed by atoms with van der Waals surface area (Å²) in [5, 5.41) is 3.67. The molecular weight excluding hydrogens is 430 g/mol. The van der Waals surface area contributed by atoms with Gasteiger partial charge in [-0.2, -0.15) is 8.42 Å². The Kier molecular flexibility index (Phi) is 6.87. The maximum Gasteiger partial charge on any atom is 0.286 e. The first kappa shape index (κ1) is 21.7. The quantitative estimate of drug-likeness (QED) is 0.689. The molecule has 9 heteroatoms. The second-order valence-electron chi connectivity index (χ2n) is 6.62. The average Bonchev–Trinajstić information content (AvgIpc) is 2.68. The highest BCUT2D eigenvalue weighted by atomic mass is 35.5. The number of nitrogens with one attached hydrogen (secondary N) is 1. The van der Waals surface area contributed by atoms with Crippen LogP contribution in [0.2, 0.25) is 5.02 Å². The van der Waals surface area contributed by atoms with Gasteiger partial charge in [0.1, 0.15) is 4.90 Å². The Bertz CT molecular complexity index is 1050. The number of unbranched alkanes of at least 4 members (excludes halogenated alkanes) is 1. The van der Waals surface area contributed by atoms with Crippen LogP contribution < -0.4 is 10.2 Å². The number of anilines is 2. The Morgan fingerprint density at radius 1 is 1.24 bits per heavy atom. The molecule has 3 rings (SSSR count). The number of sulfonamides is 1. The smallest absolute Gasteiger partial charge is 0.286 e. The maximum absolute atomic E-state index is 12.6. The largest absolute Gasteiger partial charge is 0.325 e. The van der Waals surface area contributed by atoms with Gasteiger partial charge in [-0.05, 0) is 43.2 Å². The van der Waals surface area contributed by atoms with Crippen molar-refractivity contribution in [1.82, 2.24) is 0 Å². The van der Waals surface area contributed by atoms with E-state index in [4.69, 9.17) is 11.6 Å². The summed E-state index contributed by atoms with van der Waals surface area (Å²) in [6.45, 7) is 4.57. The number of hydrogen-bond donors (Lipinski definition) is 1. The highest BCUT2D eigenvalue weighted by molar-refractivity contribution is 8.15. The number of nitrogens with zero attached hydrogens (tertiary/aromatic N) is 2. The van der Waals surface area contributed by atoms with E-state index in [1.165, 1.54) is 0 Å². The van der Waals surface area contributed by atoms with Gasteiger partial charge in [-0.25, -0.2) is 0 Å². The van der Waals surface area contributed by atoms with Crippen molar-refractivity contribution in [2.24, 2.45) is 4.40 Å². The molecule has 1 aliphatic rings. The summed E-state index contributed by atoms with van der Waals surface area (Å²) in [5.74, 6) is -0.222. The summed E-state index contributed by atoms with van der Waals surface area (Å²) in [4.78, 5) is 14.5. The Labute approximate surface area is 180 Å². The number of halogens is 1. The van der Waals surface area contributed by atoms with Crippen molar-refractivity contribution in [2.75, 3.05) is 22.5 Å². The number of aryl methyl sites for hydroxylation is 1. The van der Waals surface area contributed by atoms with Crippen molar-refractivity contribution in [1.29, 1.82) is 0 Å². The molecule has 1 N–H and O–H groups in total.